The lowest BCUT2D eigenvalue weighted by molar-refractivity contribution is -0.137. The molecule has 5 rings (SSSR count). The van der Waals surface area contributed by atoms with E-state index in [1.165, 1.54) is 0 Å². The minimum absolute atomic E-state index is 0.116. The maximum atomic E-state index is 13.7. The first-order valence-electron chi connectivity index (χ1n) is 10.6. The Morgan fingerprint density at radius 2 is 1.67 bits per heavy atom. The molecule has 0 saturated heterocycles. The first kappa shape index (κ1) is 23.2. The molecule has 0 aliphatic carbocycles. The Hall–Kier alpha value is -4.54. The van der Waals surface area contributed by atoms with Crippen molar-refractivity contribution >= 4 is 17.4 Å². The molecule has 2 aromatic carbocycles. The molecular weight excluding hydrogens is 481 g/mol. The first-order valence-corrected chi connectivity index (χ1v) is 10.6. The number of imidazole rings is 1. The molecule has 0 spiro atoms. The highest BCUT2D eigenvalue weighted by Crippen LogP contribution is 2.38. The van der Waals surface area contributed by atoms with Gasteiger partial charge in [-0.1, -0.05) is 36.4 Å². The van der Waals surface area contributed by atoms with Crippen LogP contribution in [0.3, 0.4) is 0 Å². The average molecular weight is 497 g/mol. The van der Waals surface area contributed by atoms with Crippen molar-refractivity contribution in [2.75, 3.05) is 5.32 Å². The van der Waals surface area contributed by atoms with Crippen LogP contribution in [0.1, 0.15) is 22.5 Å². The van der Waals surface area contributed by atoms with Crippen LogP contribution in [0.25, 0.3) is 28.2 Å². The number of nitrogens with one attached hydrogen (secondary N) is 1. The molecule has 11 heteroatoms. The fraction of sp³-hybridized carbons (Fsp3) is 0.0800. The number of anilines is 1. The highest BCUT2D eigenvalue weighted by atomic mass is 19.4. The van der Waals surface area contributed by atoms with E-state index < -0.39 is 29.8 Å². The summed E-state index contributed by atoms with van der Waals surface area (Å²) in [5.41, 5.74) is -0.293. The molecule has 36 heavy (non-hydrogen) atoms. The van der Waals surface area contributed by atoms with Crippen molar-refractivity contribution in [3.8, 4) is 22.5 Å². The van der Waals surface area contributed by atoms with Crippen molar-refractivity contribution in [2.45, 2.75) is 12.7 Å². The Morgan fingerprint density at radius 3 is 2.36 bits per heavy atom. The number of hydrogen-bond acceptors (Lipinski definition) is 3. The molecule has 0 saturated carbocycles. The number of fused-ring (bicyclic) bond motifs is 1. The number of pyridine rings is 1. The lowest BCUT2D eigenvalue weighted by Gasteiger charge is -2.14. The van der Waals surface area contributed by atoms with Crippen LogP contribution in [-0.2, 0) is 6.18 Å². The van der Waals surface area contributed by atoms with Crippen molar-refractivity contribution < 1.29 is 26.7 Å². The van der Waals surface area contributed by atoms with Crippen molar-refractivity contribution in [1.82, 2.24) is 19.2 Å². The number of benzene rings is 2. The van der Waals surface area contributed by atoms with Crippen LogP contribution in [0.5, 0.6) is 0 Å². The van der Waals surface area contributed by atoms with E-state index in [1.54, 1.807) is 28.8 Å². The van der Waals surface area contributed by atoms with Gasteiger partial charge >= 0.3 is 12.7 Å². The van der Waals surface area contributed by atoms with Gasteiger partial charge in [0.1, 0.15) is 17.2 Å². The average Bonchev–Trinajstić information content (AvgIpc) is 3.50. The molecular formula is C25H16F5N5O. The molecule has 1 amide bonds. The van der Waals surface area contributed by atoms with Gasteiger partial charge in [0.25, 0.3) is 5.91 Å². The normalized spacial score (nSPS) is 11.8. The number of rotatable bonds is 5. The van der Waals surface area contributed by atoms with Crippen LogP contribution in [-0.4, -0.2) is 25.1 Å². The predicted molar refractivity (Wildman–Crippen MR) is 122 cm³/mol. The van der Waals surface area contributed by atoms with Gasteiger partial charge in [-0.05, 0) is 36.4 Å². The highest BCUT2D eigenvalue weighted by Gasteiger charge is 2.35. The number of halogens is 5. The maximum Gasteiger partial charge on any atom is 0.417 e. The second-order valence-corrected chi connectivity index (χ2v) is 7.77. The zero-order valence-corrected chi connectivity index (χ0v) is 18.2. The van der Waals surface area contributed by atoms with Crippen LogP contribution >= 0.6 is 0 Å². The molecule has 0 unspecified atom stereocenters. The van der Waals surface area contributed by atoms with Crippen LogP contribution in [0.4, 0.5) is 27.8 Å². The number of amides is 1. The topological polar surface area (TPSA) is 64.2 Å². The third-order valence-corrected chi connectivity index (χ3v) is 5.48. The van der Waals surface area contributed by atoms with E-state index in [2.05, 4.69) is 15.4 Å². The number of hydrogen-bond donors (Lipinski definition) is 1. The van der Waals surface area contributed by atoms with Crippen molar-refractivity contribution in [3.05, 3.63) is 96.3 Å². The molecule has 0 aliphatic heterocycles. The third kappa shape index (κ3) is 4.30. The summed E-state index contributed by atoms with van der Waals surface area (Å²) in [6.07, 6.45) is -2.22. The summed E-state index contributed by atoms with van der Waals surface area (Å²) >= 11 is 0. The van der Waals surface area contributed by atoms with E-state index >= 15 is 0 Å². The molecule has 5 aromatic rings. The zero-order chi connectivity index (χ0) is 25.4. The molecule has 182 valence electrons. The Balaban J connectivity index is 1.57. The molecule has 0 radical (unpaired) electrons. The summed E-state index contributed by atoms with van der Waals surface area (Å²) < 4.78 is 68.8. The van der Waals surface area contributed by atoms with Crippen LogP contribution in [0.15, 0.2) is 85.2 Å². The molecule has 0 aliphatic rings. The van der Waals surface area contributed by atoms with Gasteiger partial charge in [-0.3, -0.25) is 9.20 Å². The smallest absolute Gasteiger partial charge is 0.306 e. The van der Waals surface area contributed by atoms with Crippen LogP contribution in [0.2, 0.25) is 0 Å². The third-order valence-electron chi connectivity index (χ3n) is 5.48. The lowest BCUT2D eigenvalue weighted by atomic mass is 10.0. The summed E-state index contributed by atoms with van der Waals surface area (Å²) in [6, 6.07) is 18.1. The summed E-state index contributed by atoms with van der Waals surface area (Å²) in [5, 5.41) is 6.29. The fourth-order valence-electron chi connectivity index (χ4n) is 3.83. The minimum atomic E-state index is -4.79. The largest absolute Gasteiger partial charge is 0.417 e. The molecule has 6 nitrogen and oxygen atoms in total. The summed E-state index contributed by atoms with van der Waals surface area (Å²) in [6.45, 7) is -3.02. The standard InChI is InChI=1S/C25H16F5N5O/c26-24(27)35-13-11-19(33-35)17-14-16(9-10-18(17)25(28,29)30)23(36)32-22-21(15-6-2-1-3-7-15)31-20-8-4-5-12-34(20)22/h1-14,24H,(H,32,36). The van der Waals surface area contributed by atoms with Gasteiger partial charge in [0, 0.05) is 29.1 Å². The summed E-state index contributed by atoms with van der Waals surface area (Å²) in [4.78, 5) is 17.8. The number of carbonyl (C=O) groups excluding carboxylic acids is 1. The van der Waals surface area contributed by atoms with Crippen molar-refractivity contribution in [3.63, 3.8) is 0 Å². The van der Waals surface area contributed by atoms with Gasteiger partial charge in [-0.2, -0.15) is 27.1 Å². The lowest BCUT2D eigenvalue weighted by Crippen LogP contribution is -2.16. The van der Waals surface area contributed by atoms with Crippen LogP contribution in [0, 0.1) is 0 Å². The van der Waals surface area contributed by atoms with Gasteiger partial charge in [-0.25, -0.2) is 9.67 Å². The minimum Gasteiger partial charge on any atom is -0.306 e. The first-order chi connectivity index (χ1) is 17.2. The second kappa shape index (κ2) is 8.91. The molecule has 1 N–H and O–H groups in total. The molecule has 0 atom stereocenters. The van der Waals surface area contributed by atoms with Gasteiger partial charge in [0.05, 0.1) is 11.3 Å². The fourth-order valence-corrected chi connectivity index (χ4v) is 3.83. The summed E-state index contributed by atoms with van der Waals surface area (Å²) in [5.74, 6) is -0.383. The van der Waals surface area contributed by atoms with Crippen LogP contribution < -0.4 is 5.32 Å². The highest BCUT2D eigenvalue weighted by molar-refractivity contribution is 6.06. The number of alkyl halides is 5. The van der Waals surface area contributed by atoms with Crippen molar-refractivity contribution in [2.24, 2.45) is 0 Å². The Bertz CT molecular complexity index is 1560. The van der Waals surface area contributed by atoms with E-state index in [0.717, 1.165) is 36.0 Å². The Morgan fingerprint density at radius 1 is 0.917 bits per heavy atom. The SMILES string of the molecule is O=C(Nc1c(-c2ccccc2)nc2ccccn12)c1ccc(C(F)(F)F)c(-c2ccn(C(F)F)n2)c1. The van der Waals surface area contributed by atoms with E-state index in [4.69, 9.17) is 0 Å². The summed E-state index contributed by atoms with van der Waals surface area (Å²) in [7, 11) is 0. The Labute approximate surface area is 200 Å². The van der Waals surface area contributed by atoms with Crippen molar-refractivity contribution in [1.29, 1.82) is 0 Å². The maximum absolute atomic E-state index is 13.7. The second-order valence-electron chi connectivity index (χ2n) is 7.77. The van der Waals surface area contributed by atoms with E-state index in [1.807, 2.05) is 30.3 Å². The van der Waals surface area contributed by atoms with Gasteiger partial charge in [0.15, 0.2) is 0 Å². The molecule has 0 bridgehead atoms. The number of aromatic nitrogens is 4. The monoisotopic (exact) mass is 497 g/mol. The zero-order valence-electron chi connectivity index (χ0n) is 18.2. The van der Waals surface area contributed by atoms with E-state index in [-0.39, 0.29) is 15.9 Å². The van der Waals surface area contributed by atoms with Gasteiger partial charge in [-0.15, -0.1) is 0 Å². The van der Waals surface area contributed by atoms with Gasteiger partial charge in [0.2, 0.25) is 0 Å². The molecule has 0 fully saturated rings. The van der Waals surface area contributed by atoms with E-state index in [0.29, 0.717) is 17.2 Å². The Kier molecular flexibility index (Phi) is 5.75. The van der Waals surface area contributed by atoms with E-state index in [9.17, 15) is 26.7 Å². The molecule has 3 heterocycles. The molecule has 3 aromatic heterocycles. The van der Waals surface area contributed by atoms with Gasteiger partial charge < -0.3 is 5.32 Å². The number of nitrogens with zero attached hydrogens (tertiary/aromatic N) is 4. The quantitative estimate of drug-likeness (QED) is 0.281. The predicted octanol–water partition coefficient (Wildman–Crippen LogP) is 6.53. The number of carbonyl (C=O) groups is 1.